The second kappa shape index (κ2) is 20.2. The van der Waals surface area contributed by atoms with E-state index in [1.54, 1.807) is 0 Å². The lowest BCUT2D eigenvalue weighted by Crippen LogP contribution is -3.00. The SMILES string of the molecule is CCCCCCCCCCCCCCCCCCCC[N+](C)(C)C.[F-]. The van der Waals surface area contributed by atoms with Crippen LogP contribution in [0.2, 0.25) is 0 Å². The summed E-state index contributed by atoms with van der Waals surface area (Å²) in [7, 11) is 6.90. The van der Waals surface area contributed by atoms with Crippen LogP contribution in [-0.4, -0.2) is 32.2 Å². The first-order valence-corrected chi connectivity index (χ1v) is 11.4. The molecule has 0 rings (SSSR count). The van der Waals surface area contributed by atoms with E-state index in [0.29, 0.717) is 0 Å². The molecule has 0 unspecified atom stereocenters. The number of unbranched alkanes of at least 4 members (excludes halogenated alkanes) is 17. The number of hydrogen-bond donors (Lipinski definition) is 0. The van der Waals surface area contributed by atoms with Gasteiger partial charge < -0.3 is 9.19 Å². The van der Waals surface area contributed by atoms with E-state index in [1.165, 1.54) is 122 Å². The maximum Gasteiger partial charge on any atom is 0.0780 e. The van der Waals surface area contributed by atoms with Crippen LogP contribution in [0.1, 0.15) is 122 Å². The Kier molecular flexibility index (Phi) is 21.9. The van der Waals surface area contributed by atoms with E-state index in [9.17, 15) is 0 Å². The van der Waals surface area contributed by atoms with Crippen molar-refractivity contribution in [1.29, 1.82) is 0 Å². The van der Waals surface area contributed by atoms with E-state index in [1.807, 2.05) is 0 Å². The van der Waals surface area contributed by atoms with Crippen LogP contribution in [0.4, 0.5) is 0 Å². The molecule has 0 N–H and O–H groups in total. The highest BCUT2D eigenvalue weighted by Crippen LogP contribution is 2.14. The molecular weight excluding hydrogens is 309 g/mol. The second-order valence-electron chi connectivity index (χ2n) is 9.02. The summed E-state index contributed by atoms with van der Waals surface area (Å²) < 4.78 is 1.12. The predicted molar refractivity (Wildman–Crippen MR) is 112 cm³/mol. The van der Waals surface area contributed by atoms with Crippen molar-refractivity contribution in [2.45, 2.75) is 122 Å². The molecule has 0 spiro atoms. The quantitative estimate of drug-likeness (QED) is 0.231. The predicted octanol–water partition coefficient (Wildman–Crippen LogP) is 4.74. The van der Waals surface area contributed by atoms with Crippen molar-refractivity contribution < 1.29 is 9.19 Å². The summed E-state index contributed by atoms with van der Waals surface area (Å²) in [6.07, 6.45) is 26.3. The van der Waals surface area contributed by atoms with E-state index in [4.69, 9.17) is 0 Å². The summed E-state index contributed by atoms with van der Waals surface area (Å²) >= 11 is 0. The molecule has 0 aromatic carbocycles. The van der Waals surface area contributed by atoms with Crippen LogP contribution < -0.4 is 4.70 Å². The molecule has 0 aromatic rings. The highest BCUT2D eigenvalue weighted by molar-refractivity contribution is 4.50. The number of rotatable bonds is 19. The van der Waals surface area contributed by atoms with Gasteiger partial charge in [0.1, 0.15) is 0 Å². The smallest absolute Gasteiger partial charge is 0.0780 e. The maximum atomic E-state index is 2.30. The molecule has 0 saturated carbocycles. The third kappa shape index (κ3) is 26.2. The number of halogens is 1. The Hall–Kier alpha value is -0.110. The summed E-state index contributed by atoms with van der Waals surface area (Å²) in [6, 6.07) is 0. The Morgan fingerprint density at radius 1 is 0.400 bits per heavy atom. The van der Waals surface area contributed by atoms with Crippen LogP contribution in [-0.2, 0) is 0 Å². The van der Waals surface area contributed by atoms with Gasteiger partial charge in [0.2, 0.25) is 0 Å². The summed E-state index contributed by atoms with van der Waals surface area (Å²) in [5.74, 6) is 0. The van der Waals surface area contributed by atoms with Gasteiger partial charge in [-0.3, -0.25) is 0 Å². The van der Waals surface area contributed by atoms with Gasteiger partial charge in [0.05, 0.1) is 27.7 Å². The largest absolute Gasteiger partial charge is 1.00 e. The summed E-state index contributed by atoms with van der Waals surface area (Å²) in [5.41, 5.74) is 0. The lowest BCUT2D eigenvalue weighted by atomic mass is 10.0. The molecule has 0 atom stereocenters. The Balaban J connectivity index is 0. The van der Waals surface area contributed by atoms with E-state index >= 15 is 0 Å². The van der Waals surface area contributed by atoms with Gasteiger partial charge in [0.15, 0.2) is 0 Å². The zero-order valence-electron chi connectivity index (χ0n) is 18.3. The maximum absolute atomic E-state index is 2.30. The standard InChI is InChI=1S/C23H50N.FH/c1-5-6-7-8-9-10-11-12-13-14-15-16-17-18-19-20-21-22-23-24(2,3)4;/h5-23H2,1-4H3;1H/q+1;/p-1. The second-order valence-corrected chi connectivity index (χ2v) is 9.02. The fourth-order valence-corrected chi connectivity index (χ4v) is 3.49. The van der Waals surface area contributed by atoms with Crippen LogP contribution in [0.5, 0.6) is 0 Å². The van der Waals surface area contributed by atoms with E-state index < -0.39 is 0 Å². The molecule has 0 aliphatic heterocycles. The Morgan fingerprint density at radius 2 is 0.640 bits per heavy atom. The van der Waals surface area contributed by atoms with Crippen molar-refractivity contribution in [3.8, 4) is 0 Å². The van der Waals surface area contributed by atoms with Crippen molar-refractivity contribution in [2.75, 3.05) is 27.7 Å². The van der Waals surface area contributed by atoms with Crippen molar-refractivity contribution >= 4 is 0 Å². The molecule has 0 aromatic heterocycles. The normalized spacial score (nSPS) is 11.5. The molecule has 2 heteroatoms. The lowest BCUT2D eigenvalue weighted by molar-refractivity contribution is -0.870. The van der Waals surface area contributed by atoms with E-state index in [-0.39, 0.29) is 4.70 Å². The van der Waals surface area contributed by atoms with Gasteiger partial charge in [-0.05, 0) is 12.8 Å². The van der Waals surface area contributed by atoms with Crippen LogP contribution in [0.25, 0.3) is 0 Å². The van der Waals surface area contributed by atoms with Gasteiger partial charge in [0, 0.05) is 0 Å². The van der Waals surface area contributed by atoms with Crippen LogP contribution >= 0.6 is 0 Å². The van der Waals surface area contributed by atoms with Crippen molar-refractivity contribution in [3.05, 3.63) is 0 Å². The van der Waals surface area contributed by atoms with Gasteiger partial charge >= 0.3 is 0 Å². The van der Waals surface area contributed by atoms with E-state index in [0.717, 1.165) is 4.48 Å². The third-order valence-electron chi connectivity index (χ3n) is 5.18. The average molecular weight is 360 g/mol. The first kappa shape index (κ1) is 27.1. The minimum Gasteiger partial charge on any atom is -1.00 e. The average Bonchev–Trinajstić information content (AvgIpc) is 2.52. The molecule has 0 fully saturated rings. The van der Waals surface area contributed by atoms with Crippen molar-refractivity contribution in [2.24, 2.45) is 0 Å². The van der Waals surface area contributed by atoms with E-state index in [2.05, 4.69) is 28.1 Å². The number of hydrogen-bond acceptors (Lipinski definition) is 0. The Bertz CT molecular complexity index is 235. The minimum atomic E-state index is 0. The minimum absolute atomic E-state index is 0. The highest BCUT2D eigenvalue weighted by Gasteiger charge is 2.04. The van der Waals surface area contributed by atoms with Gasteiger partial charge in [0.25, 0.3) is 0 Å². The Morgan fingerprint density at radius 3 is 0.880 bits per heavy atom. The lowest BCUT2D eigenvalue weighted by Gasteiger charge is -2.23. The van der Waals surface area contributed by atoms with Crippen molar-refractivity contribution in [3.63, 3.8) is 0 Å². The fourth-order valence-electron chi connectivity index (χ4n) is 3.49. The van der Waals surface area contributed by atoms with Gasteiger partial charge in [-0.15, -0.1) is 0 Å². The van der Waals surface area contributed by atoms with Crippen molar-refractivity contribution in [1.82, 2.24) is 0 Å². The highest BCUT2D eigenvalue weighted by atomic mass is 19.0. The molecule has 1 nitrogen and oxygen atoms in total. The molecule has 0 heterocycles. The first-order chi connectivity index (χ1) is 11.6. The molecule has 0 aliphatic rings. The molecule has 0 amide bonds. The molecule has 0 saturated heterocycles. The summed E-state index contributed by atoms with van der Waals surface area (Å²) in [6.45, 7) is 3.63. The molecule has 0 bridgehead atoms. The zero-order chi connectivity index (χ0) is 17.9. The van der Waals surface area contributed by atoms with Crippen LogP contribution in [0.15, 0.2) is 0 Å². The zero-order valence-corrected chi connectivity index (χ0v) is 18.3. The summed E-state index contributed by atoms with van der Waals surface area (Å²) in [4.78, 5) is 0. The molecule has 154 valence electrons. The fraction of sp³-hybridized carbons (Fsp3) is 1.00. The topological polar surface area (TPSA) is 0 Å². The van der Waals surface area contributed by atoms with Gasteiger partial charge in [-0.25, -0.2) is 0 Å². The Labute approximate surface area is 159 Å². The molecule has 25 heavy (non-hydrogen) atoms. The van der Waals surface area contributed by atoms with Crippen LogP contribution in [0, 0.1) is 0 Å². The molecule has 0 aliphatic carbocycles. The number of nitrogens with zero attached hydrogens (tertiary/aromatic N) is 1. The first-order valence-electron chi connectivity index (χ1n) is 11.4. The van der Waals surface area contributed by atoms with Gasteiger partial charge in [-0.1, -0.05) is 110 Å². The monoisotopic (exact) mass is 359 g/mol. The molecular formula is C23H50FN. The van der Waals surface area contributed by atoms with Crippen LogP contribution in [0.3, 0.4) is 0 Å². The van der Waals surface area contributed by atoms with Gasteiger partial charge in [-0.2, -0.15) is 0 Å². The third-order valence-corrected chi connectivity index (χ3v) is 5.18. The summed E-state index contributed by atoms with van der Waals surface area (Å²) in [5, 5.41) is 0. The number of quaternary nitrogens is 1. The molecule has 0 radical (unpaired) electrons.